The van der Waals surface area contributed by atoms with Crippen molar-refractivity contribution in [3.05, 3.63) is 24.3 Å². The van der Waals surface area contributed by atoms with Gasteiger partial charge in [0.1, 0.15) is 0 Å². The van der Waals surface area contributed by atoms with Gasteiger partial charge in [-0.1, -0.05) is 23.5 Å². The van der Waals surface area contributed by atoms with Gasteiger partial charge in [-0.3, -0.25) is 10.2 Å². The van der Waals surface area contributed by atoms with Crippen LogP contribution in [0, 0.1) is 0 Å². The highest BCUT2D eigenvalue weighted by atomic mass is 32.1. The monoisotopic (exact) mass is 219 g/mol. The van der Waals surface area contributed by atoms with Gasteiger partial charge in [-0.25, -0.2) is 4.98 Å². The smallest absolute Gasteiger partial charge is 0.204 e. The number of benzene rings is 1. The summed E-state index contributed by atoms with van der Waals surface area (Å²) in [6.45, 7) is 1.45. The number of Topliss-reactive ketones (excluding diaryl/α,β-unsaturated/α-hetero) is 1. The lowest BCUT2D eigenvalue weighted by atomic mass is 10.3. The van der Waals surface area contributed by atoms with Gasteiger partial charge in [0.05, 0.1) is 16.4 Å². The van der Waals surface area contributed by atoms with Gasteiger partial charge in [0, 0.05) is 6.92 Å². The molecule has 5 heteroatoms. The number of rotatable bonds is 3. The Labute approximate surface area is 90.6 Å². The quantitative estimate of drug-likeness (QED) is 0.636. The zero-order valence-electron chi connectivity index (χ0n) is 8.10. The van der Waals surface area contributed by atoms with E-state index in [2.05, 4.69) is 15.5 Å². The summed E-state index contributed by atoms with van der Waals surface area (Å²) >= 11 is 1.50. The molecule has 1 heterocycles. The standard InChI is InChI=1S/C10H9N3OS/c1-7(14)6-11-13-10-12-8-4-2-3-5-9(8)15-10/h2-6H,1H3,(H,12,13)/b11-6+. The van der Waals surface area contributed by atoms with E-state index >= 15 is 0 Å². The van der Waals surface area contributed by atoms with E-state index in [-0.39, 0.29) is 5.78 Å². The minimum atomic E-state index is -0.0939. The van der Waals surface area contributed by atoms with E-state index < -0.39 is 0 Å². The van der Waals surface area contributed by atoms with Crippen molar-refractivity contribution >= 4 is 38.7 Å². The Kier molecular flexibility index (Phi) is 2.73. The van der Waals surface area contributed by atoms with Gasteiger partial charge in [-0.05, 0) is 12.1 Å². The number of ketones is 1. The van der Waals surface area contributed by atoms with E-state index in [1.54, 1.807) is 0 Å². The molecule has 4 nitrogen and oxygen atoms in total. The van der Waals surface area contributed by atoms with Crippen LogP contribution < -0.4 is 5.43 Å². The summed E-state index contributed by atoms with van der Waals surface area (Å²) in [6.07, 6.45) is 1.23. The van der Waals surface area contributed by atoms with Crippen molar-refractivity contribution in [2.24, 2.45) is 5.10 Å². The van der Waals surface area contributed by atoms with Gasteiger partial charge in [0.2, 0.25) is 5.13 Å². The molecule has 2 aromatic rings. The maximum absolute atomic E-state index is 10.6. The average molecular weight is 219 g/mol. The third-order valence-corrected chi connectivity index (χ3v) is 2.64. The van der Waals surface area contributed by atoms with E-state index in [0.29, 0.717) is 5.13 Å². The van der Waals surface area contributed by atoms with Crippen molar-refractivity contribution in [1.82, 2.24) is 4.98 Å². The van der Waals surface area contributed by atoms with Crippen molar-refractivity contribution in [2.75, 3.05) is 5.43 Å². The van der Waals surface area contributed by atoms with Crippen molar-refractivity contribution in [3.63, 3.8) is 0 Å². The average Bonchev–Trinajstić information content (AvgIpc) is 2.59. The van der Waals surface area contributed by atoms with Gasteiger partial charge in [-0.15, -0.1) is 0 Å². The topological polar surface area (TPSA) is 54.4 Å². The summed E-state index contributed by atoms with van der Waals surface area (Å²) < 4.78 is 1.10. The number of fused-ring (bicyclic) bond motifs is 1. The van der Waals surface area contributed by atoms with Crippen LogP contribution in [0.25, 0.3) is 10.2 Å². The second-order valence-electron chi connectivity index (χ2n) is 2.97. The van der Waals surface area contributed by atoms with Crippen molar-refractivity contribution in [2.45, 2.75) is 6.92 Å². The van der Waals surface area contributed by atoms with Crippen LogP contribution in [0.4, 0.5) is 5.13 Å². The van der Waals surface area contributed by atoms with E-state index in [9.17, 15) is 4.79 Å². The summed E-state index contributed by atoms with van der Waals surface area (Å²) in [7, 11) is 0. The first-order valence-corrected chi connectivity index (χ1v) is 5.22. The third kappa shape index (κ3) is 2.38. The molecule has 76 valence electrons. The Bertz CT molecular complexity index is 485. The number of aromatic nitrogens is 1. The molecule has 0 aliphatic carbocycles. The van der Waals surface area contributed by atoms with Crippen LogP contribution >= 0.6 is 11.3 Å². The van der Waals surface area contributed by atoms with Gasteiger partial charge in [0.15, 0.2) is 5.78 Å². The van der Waals surface area contributed by atoms with E-state index in [1.165, 1.54) is 24.5 Å². The molecule has 0 bridgehead atoms. The lowest BCUT2D eigenvalue weighted by molar-refractivity contribution is -0.110. The summed E-state index contributed by atoms with van der Waals surface area (Å²) in [5, 5.41) is 4.45. The molecule has 1 aromatic carbocycles. The molecule has 0 unspecified atom stereocenters. The minimum absolute atomic E-state index is 0.0939. The number of nitrogens with zero attached hydrogens (tertiary/aromatic N) is 2. The molecule has 0 amide bonds. The molecule has 0 spiro atoms. The normalized spacial score (nSPS) is 11.0. The van der Waals surface area contributed by atoms with Gasteiger partial charge in [-0.2, -0.15) is 5.10 Å². The number of anilines is 1. The van der Waals surface area contributed by atoms with Crippen LogP contribution in [0.2, 0.25) is 0 Å². The fourth-order valence-electron chi connectivity index (χ4n) is 1.10. The second-order valence-corrected chi connectivity index (χ2v) is 4.00. The number of para-hydroxylation sites is 1. The Hall–Kier alpha value is -1.75. The van der Waals surface area contributed by atoms with Crippen molar-refractivity contribution in [1.29, 1.82) is 0 Å². The Morgan fingerprint density at radius 1 is 1.53 bits per heavy atom. The highest BCUT2D eigenvalue weighted by molar-refractivity contribution is 7.22. The molecular formula is C10H9N3OS. The van der Waals surface area contributed by atoms with Crippen LogP contribution in [0.3, 0.4) is 0 Å². The molecule has 1 aromatic heterocycles. The highest BCUT2D eigenvalue weighted by Gasteiger charge is 2.00. The molecule has 2 rings (SSSR count). The highest BCUT2D eigenvalue weighted by Crippen LogP contribution is 2.24. The van der Waals surface area contributed by atoms with Crippen LogP contribution in [-0.2, 0) is 4.79 Å². The van der Waals surface area contributed by atoms with Gasteiger partial charge in [0.25, 0.3) is 0 Å². The number of thiazole rings is 1. The number of hydrazone groups is 1. The molecule has 0 fully saturated rings. The number of carbonyl (C=O) groups excluding carboxylic acids is 1. The molecule has 15 heavy (non-hydrogen) atoms. The van der Waals surface area contributed by atoms with Crippen molar-refractivity contribution in [3.8, 4) is 0 Å². The first kappa shape index (κ1) is 9.79. The first-order chi connectivity index (χ1) is 7.25. The molecule has 0 saturated heterocycles. The number of hydrogen-bond donors (Lipinski definition) is 1. The minimum Gasteiger partial charge on any atom is -0.293 e. The molecule has 1 N–H and O–H groups in total. The molecular weight excluding hydrogens is 210 g/mol. The van der Waals surface area contributed by atoms with Crippen LogP contribution in [0.1, 0.15) is 6.92 Å². The Morgan fingerprint density at radius 2 is 2.33 bits per heavy atom. The summed E-state index contributed by atoms with van der Waals surface area (Å²) in [4.78, 5) is 14.9. The molecule has 0 saturated carbocycles. The predicted octanol–water partition coefficient (Wildman–Crippen LogP) is 2.28. The SMILES string of the molecule is CC(=O)/C=N/Nc1nc2ccccc2s1. The zero-order valence-corrected chi connectivity index (χ0v) is 8.91. The molecule has 0 aliphatic heterocycles. The maximum Gasteiger partial charge on any atom is 0.204 e. The van der Waals surface area contributed by atoms with Crippen molar-refractivity contribution < 1.29 is 4.79 Å². The largest absolute Gasteiger partial charge is 0.293 e. The van der Waals surface area contributed by atoms with Crippen LogP contribution in [-0.4, -0.2) is 17.0 Å². The Morgan fingerprint density at radius 3 is 3.07 bits per heavy atom. The van der Waals surface area contributed by atoms with E-state index in [4.69, 9.17) is 0 Å². The lowest BCUT2D eigenvalue weighted by Crippen LogP contribution is -1.94. The van der Waals surface area contributed by atoms with E-state index in [1.807, 2.05) is 24.3 Å². The lowest BCUT2D eigenvalue weighted by Gasteiger charge is -1.89. The van der Waals surface area contributed by atoms with Crippen LogP contribution in [0.15, 0.2) is 29.4 Å². The predicted molar refractivity (Wildman–Crippen MR) is 62.4 cm³/mol. The Balaban J connectivity index is 2.19. The first-order valence-electron chi connectivity index (χ1n) is 4.41. The second kappa shape index (κ2) is 4.18. The summed E-state index contributed by atoms with van der Waals surface area (Å²) in [5.41, 5.74) is 3.65. The summed E-state index contributed by atoms with van der Waals surface area (Å²) in [5.74, 6) is -0.0939. The molecule has 0 radical (unpaired) electrons. The molecule has 0 aliphatic rings. The number of carbonyl (C=O) groups is 1. The maximum atomic E-state index is 10.6. The summed E-state index contributed by atoms with van der Waals surface area (Å²) in [6, 6.07) is 7.83. The van der Waals surface area contributed by atoms with Gasteiger partial charge < -0.3 is 0 Å². The van der Waals surface area contributed by atoms with E-state index in [0.717, 1.165) is 10.2 Å². The number of hydrogen-bond acceptors (Lipinski definition) is 5. The fraction of sp³-hybridized carbons (Fsp3) is 0.100. The fourth-order valence-corrected chi connectivity index (χ4v) is 1.91. The van der Waals surface area contributed by atoms with Crippen LogP contribution in [0.5, 0.6) is 0 Å². The van der Waals surface area contributed by atoms with Gasteiger partial charge >= 0.3 is 0 Å². The zero-order chi connectivity index (χ0) is 10.7. The number of nitrogens with one attached hydrogen (secondary N) is 1. The third-order valence-electron chi connectivity index (χ3n) is 1.70. The molecule has 0 atom stereocenters.